The summed E-state index contributed by atoms with van der Waals surface area (Å²) in [6.45, 7) is 5.57. The lowest BCUT2D eigenvalue weighted by Gasteiger charge is -2.17. The largest absolute Gasteiger partial charge is 0.356 e. The van der Waals surface area contributed by atoms with Crippen LogP contribution in [0.5, 0.6) is 0 Å². The highest BCUT2D eigenvalue weighted by molar-refractivity contribution is 5.79. The van der Waals surface area contributed by atoms with Crippen molar-refractivity contribution in [2.24, 2.45) is 17.6 Å². The number of rotatable bonds is 5. The number of hydrogen-bond acceptors (Lipinski definition) is 2. The number of nitrogens with one attached hydrogen (secondary N) is 1. The summed E-state index contributed by atoms with van der Waals surface area (Å²) in [7, 11) is 0. The van der Waals surface area contributed by atoms with Gasteiger partial charge in [0.1, 0.15) is 0 Å². The first-order valence-electron chi connectivity index (χ1n) is 7.65. The van der Waals surface area contributed by atoms with Crippen molar-refractivity contribution in [1.82, 2.24) is 5.32 Å². The third-order valence-electron chi connectivity index (χ3n) is 4.29. The van der Waals surface area contributed by atoms with Gasteiger partial charge in [0, 0.05) is 12.5 Å². The summed E-state index contributed by atoms with van der Waals surface area (Å²) in [6.07, 6.45) is 4.13. The number of amides is 1. The summed E-state index contributed by atoms with van der Waals surface area (Å²) in [5.74, 6) is 0.720. The van der Waals surface area contributed by atoms with Gasteiger partial charge in [-0.25, -0.2) is 0 Å². The van der Waals surface area contributed by atoms with Crippen LogP contribution in [0.2, 0.25) is 0 Å². The van der Waals surface area contributed by atoms with Crippen molar-refractivity contribution < 1.29 is 4.79 Å². The molecule has 1 saturated carbocycles. The Labute approximate surface area is 121 Å². The Morgan fingerprint density at radius 3 is 2.60 bits per heavy atom. The maximum Gasteiger partial charge on any atom is 0.223 e. The Morgan fingerprint density at radius 1 is 1.25 bits per heavy atom. The van der Waals surface area contributed by atoms with Crippen LogP contribution in [0.15, 0.2) is 18.2 Å². The maximum atomic E-state index is 12.2. The quantitative estimate of drug-likeness (QED) is 0.866. The molecule has 0 saturated heterocycles. The highest BCUT2D eigenvalue weighted by Crippen LogP contribution is 2.30. The zero-order chi connectivity index (χ0) is 14.5. The van der Waals surface area contributed by atoms with E-state index in [1.54, 1.807) is 0 Å². The first-order valence-corrected chi connectivity index (χ1v) is 7.65. The van der Waals surface area contributed by atoms with Crippen molar-refractivity contribution >= 4 is 5.91 Å². The van der Waals surface area contributed by atoms with Crippen molar-refractivity contribution in [2.75, 3.05) is 13.1 Å². The van der Waals surface area contributed by atoms with E-state index < -0.39 is 0 Å². The van der Waals surface area contributed by atoms with Crippen LogP contribution in [-0.2, 0) is 11.2 Å². The van der Waals surface area contributed by atoms with Crippen LogP contribution in [0.25, 0.3) is 0 Å². The Bertz CT molecular complexity index is 450. The van der Waals surface area contributed by atoms with Crippen LogP contribution in [-0.4, -0.2) is 19.0 Å². The smallest absolute Gasteiger partial charge is 0.223 e. The zero-order valence-corrected chi connectivity index (χ0v) is 12.6. The van der Waals surface area contributed by atoms with Gasteiger partial charge in [-0.3, -0.25) is 4.79 Å². The van der Waals surface area contributed by atoms with Crippen molar-refractivity contribution in [2.45, 2.75) is 39.5 Å². The minimum absolute atomic E-state index is 0.138. The third kappa shape index (κ3) is 3.83. The average molecular weight is 274 g/mol. The minimum Gasteiger partial charge on any atom is -0.356 e. The van der Waals surface area contributed by atoms with Gasteiger partial charge in [-0.05, 0) is 51.1 Å². The van der Waals surface area contributed by atoms with E-state index in [0.29, 0.717) is 12.5 Å². The lowest BCUT2D eigenvalue weighted by molar-refractivity contribution is -0.125. The second-order valence-corrected chi connectivity index (χ2v) is 6.07. The molecule has 2 rings (SSSR count). The zero-order valence-electron chi connectivity index (χ0n) is 12.6. The van der Waals surface area contributed by atoms with E-state index in [9.17, 15) is 4.79 Å². The molecule has 2 atom stereocenters. The van der Waals surface area contributed by atoms with Gasteiger partial charge in [0.05, 0.1) is 0 Å². The molecule has 1 amide bonds. The maximum absolute atomic E-state index is 12.2. The fourth-order valence-corrected chi connectivity index (χ4v) is 3.34. The van der Waals surface area contributed by atoms with Crippen molar-refractivity contribution in [3.63, 3.8) is 0 Å². The molecule has 0 unspecified atom stereocenters. The Hall–Kier alpha value is -1.35. The van der Waals surface area contributed by atoms with Crippen molar-refractivity contribution in [3.8, 4) is 0 Å². The molecular weight excluding hydrogens is 248 g/mol. The summed E-state index contributed by atoms with van der Waals surface area (Å²) in [5.41, 5.74) is 9.60. The Kier molecular flexibility index (Phi) is 5.18. The predicted molar refractivity (Wildman–Crippen MR) is 82.5 cm³/mol. The number of carbonyl (C=O) groups is 1. The monoisotopic (exact) mass is 274 g/mol. The molecule has 3 heteroatoms. The predicted octanol–water partition coefficient (Wildman–Crippen LogP) is 2.34. The molecule has 0 heterocycles. The van der Waals surface area contributed by atoms with Crippen LogP contribution in [0, 0.1) is 25.7 Å². The van der Waals surface area contributed by atoms with Gasteiger partial charge in [0.15, 0.2) is 0 Å². The van der Waals surface area contributed by atoms with Crippen LogP contribution < -0.4 is 11.1 Å². The van der Waals surface area contributed by atoms with E-state index in [-0.39, 0.29) is 11.8 Å². The molecular formula is C17H26N2O. The van der Waals surface area contributed by atoms with E-state index in [0.717, 1.165) is 32.2 Å². The number of benzene rings is 1. The van der Waals surface area contributed by atoms with E-state index in [4.69, 9.17) is 5.73 Å². The van der Waals surface area contributed by atoms with Gasteiger partial charge >= 0.3 is 0 Å². The van der Waals surface area contributed by atoms with E-state index >= 15 is 0 Å². The van der Waals surface area contributed by atoms with Crippen molar-refractivity contribution in [1.29, 1.82) is 0 Å². The molecule has 1 aliphatic rings. The van der Waals surface area contributed by atoms with Gasteiger partial charge < -0.3 is 11.1 Å². The molecule has 1 aromatic carbocycles. The Morgan fingerprint density at radius 2 is 1.95 bits per heavy atom. The molecule has 1 aromatic rings. The molecule has 0 spiro atoms. The van der Waals surface area contributed by atoms with Crippen LogP contribution in [0.3, 0.4) is 0 Å². The standard InChI is InChI=1S/C17H26N2O/c1-12-8-13(2)10-14(9-12)6-7-19-17(20)16-5-3-4-15(16)11-18/h8-10,15-16H,3-7,11,18H2,1-2H3,(H,19,20)/t15-,16-/m1/s1. The molecule has 0 aromatic heterocycles. The van der Waals surface area contributed by atoms with Gasteiger partial charge in [-0.1, -0.05) is 35.7 Å². The molecule has 3 N–H and O–H groups in total. The molecule has 0 radical (unpaired) electrons. The summed E-state index contributed by atoms with van der Waals surface area (Å²) in [5, 5.41) is 3.08. The van der Waals surface area contributed by atoms with Crippen LogP contribution in [0.1, 0.15) is 36.0 Å². The van der Waals surface area contributed by atoms with Gasteiger partial charge in [0.2, 0.25) is 5.91 Å². The average Bonchev–Trinajstić information content (AvgIpc) is 2.85. The van der Waals surface area contributed by atoms with Gasteiger partial charge in [-0.15, -0.1) is 0 Å². The van der Waals surface area contributed by atoms with Crippen LogP contribution in [0.4, 0.5) is 0 Å². The molecule has 1 aliphatic carbocycles. The third-order valence-corrected chi connectivity index (χ3v) is 4.29. The highest BCUT2D eigenvalue weighted by atomic mass is 16.1. The summed E-state index contributed by atoms with van der Waals surface area (Å²) in [4.78, 5) is 12.2. The second-order valence-electron chi connectivity index (χ2n) is 6.07. The molecule has 0 aliphatic heterocycles. The lowest BCUT2D eigenvalue weighted by Crippen LogP contribution is -2.36. The first kappa shape index (κ1) is 15.0. The fourth-order valence-electron chi connectivity index (χ4n) is 3.34. The SMILES string of the molecule is Cc1cc(C)cc(CCNC(=O)[C@@H]2CCC[C@@H]2CN)c1. The highest BCUT2D eigenvalue weighted by Gasteiger charge is 2.31. The topological polar surface area (TPSA) is 55.1 Å². The normalized spacial score (nSPS) is 21.9. The van der Waals surface area contributed by atoms with Gasteiger partial charge in [-0.2, -0.15) is 0 Å². The van der Waals surface area contributed by atoms with E-state index in [1.165, 1.54) is 16.7 Å². The number of hydrogen-bond donors (Lipinski definition) is 2. The molecule has 110 valence electrons. The van der Waals surface area contributed by atoms with Crippen molar-refractivity contribution in [3.05, 3.63) is 34.9 Å². The van der Waals surface area contributed by atoms with E-state index in [2.05, 4.69) is 37.4 Å². The number of nitrogens with two attached hydrogens (primary N) is 1. The molecule has 20 heavy (non-hydrogen) atoms. The molecule has 0 bridgehead atoms. The number of carbonyl (C=O) groups excluding carboxylic acids is 1. The first-order chi connectivity index (χ1) is 9.60. The fraction of sp³-hybridized carbons (Fsp3) is 0.588. The summed E-state index contributed by atoms with van der Waals surface area (Å²) in [6, 6.07) is 6.56. The molecule has 1 fully saturated rings. The van der Waals surface area contributed by atoms with Crippen LogP contribution >= 0.6 is 0 Å². The Balaban J connectivity index is 1.82. The lowest BCUT2D eigenvalue weighted by atomic mass is 9.95. The summed E-state index contributed by atoms with van der Waals surface area (Å²) < 4.78 is 0. The second kappa shape index (κ2) is 6.89. The summed E-state index contributed by atoms with van der Waals surface area (Å²) >= 11 is 0. The van der Waals surface area contributed by atoms with Gasteiger partial charge in [0.25, 0.3) is 0 Å². The number of aryl methyl sites for hydroxylation is 2. The van der Waals surface area contributed by atoms with E-state index in [1.807, 2.05) is 0 Å². The molecule has 3 nitrogen and oxygen atoms in total. The minimum atomic E-state index is 0.138.